The highest BCUT2D eigenvalue weighted by atomic mass is 35.5. The second-order valence-electron chi connectivity index (χ2n) is 3.59. The summed E-state index contributed by atoms with van der Waals surface area (Å²) in [6.07, 6.45) is -4.58. The number of aromatic nitrogens is 1. The molecule has 0 aromatic carbocycles. The molecule has 2 heterocycles. The van der Waals surface area contributed by atoms with Crippen molar-refractivity contribution in [2.45, 2.75) is 11.8 Å². The van der Waals surface area contributed by atoms with E-state index in [1.807, 2.05) is 0 Å². The van der Waals surface area contributed by atoms with E-state index in [0.717, 1.165) is 6.07 Å². The quantitative estimate of drug-likeness (QED) is 0.778. The Labute approximate surface area is 93.8 Å². The first kappa shape index (κ1) is 11.6. The number of hydrogen-bond donors (Lipinski definition) is 1. The summed E-state index contributed by atoms with van der Waals surface area (Å²) in [5, 5.41) is 9.52. The maximum absolute atomic E-state index is 12.4. The largest absolute Gasteiger partial charge is 0.433 e. The predicted molar refractivity (Wildman–Crippen MR) is 49.0 cm³/mol. The summed E-state index contributed by atoms with van der Waals surface area (Å²) in [6.45, 7) is -0.0741. The fourth-order valence-electron chi connectivity index (χ4n) is 1.37. The Hall–Kier alpha value is -0.850. The molecule has 2 rings (SSSR count). The van der Waals surface area contributed by atoms with Crippen LogP contribution in [0.2, 0.25) is 5.15 Å². The van der Waals surface area contributed by atoms with Crippen LogP contribution in [0.15, 0.2) is 12.1 Å². The minimum absolute atomic E-state index is 0.0371. The van der Waals surface area contributed by atoms with E-state index in [9.17, 15) is 18.3 Å². The molecule has 16 heavy (non-hydrogen) atoms. The second kappa shape index (κ2) is 3.58. The molecule has 0 radical (unpaired) electrons. The Balaban J connectivity index is 2.44. The summed E-state index contributed by atoms with van der Waals surface area (Å²) < 4.78 is 42.0. The number of nitrogens with zero attached hydrogens (tertiary/aromatic N) is 1. The van der Waals surface area contributed by atoms with Crippen molar-refractivity contribution in [1.29, 1.82) is 0 Å². The summed E-state index contributed by atoms with van der Waals surface area (Å²) in [4.78, 5) is 3.17. The number of halogens is 4. The predicted octanol–water partition coefficient (Wildman–Crippen LogP) is 1.97. The van der Waals surface area contributed by atoms with Gasteiger partial charge in [-0.2, -0.15) is 13.2 Å². The summed E-state index contributed by atoms with van der Waals surface area (Å²) in [6, 6.07) is 1.99. The number of hydrogen-bond acceptors (Lipinski definition) is 3. The average Bonchev–Trinajstić information content (AvgIpc) is 2.11. The van der Waals surface area contributed by atoms with Gasteiger partial charge >= 0.3 is 6.18 Å². The van der Waals surface area contributed by atoms with Crippen LogP contribution < -0.4 is 0 Å². The van der Waals surface area contributed by atoms with Gasteiger partial charge in [-0.25, -0.2) is 4.98 Å². The van der Waals surface area contributed by atoms with Gasteiger partial charge in [0.2, 0.25) is 0 Å². The summed E-state index contributed by atoms with van der Waals surface area (Å²) >= 11 is 5.48. The van der Waals surface area contributed by atoms with Gasteiger partial charge in [-0.05, 0) is 17.7 Å². The fourth-order valence-corrected chi connectivity index (χ4v) is 1.58. The van der Waals surface area contributed by atoms with Gasteiger partial charge in [0.1, 0.15) is 16.4 Å². The molecule has 1 aromatic rings. The minimum atomic E-state index is -4.58. The molecule has 0 bridgehead atoms. The molecule has 1 aliphatic heterocycles. The van der Waals surface area contributed by atoms with Gasteiger partial charge in [-0.1, -0.05) is 11.6 Å². The zero-order valence-corrected chi connectivity index (χ0v) is 8.64. The van der Waals surface area contributed by atoms with E-state index in [0.29, 0.717) is 0 Å². The van der Waals surface area contributed by atoms with Crippen molar-refractivity contribution in [1.82, 2.24) is 4.98 Å². The normalized spacial score (nSPS) is 19.3. The third-order valence-electron chi connectivity index (χ3n) is 2.30. The minimum Gasteiger partial charge on any atom is -0.380 e. The lowest BCUT2D eigenvalue weighted by atomic mass is 9.92. The lowest BCUT2D eigenvalue weighted by Crippen LogP contribution is -2.46. The maximum Gasteiger partial charge on any atom is 0.433 e. The van der Waals surface area contributed by atoms with Gasteiger partial charge in [0.25, 0.3) is 0 Å². The molecule has 0 spiro atoms. The highest BCUT2D eigenvalue weighted by Gasteiger charge is 2.41. The van der Waals surface area contributed by atoms with Crippen molar-refractivity contribution in [3.63, 3.8) is 0 Å². The van der Waals surface area contributed by atoms with Crippen molar-refractivity contribution < 1.29 is 23.0 Å². The number of aliphatic hydroxyl groups is 1. The average molecular weight is 254 g/mol. The van der Waals surface area contributed by atoms with E-state index < -0.39 is 17.5 Å². The van der Waals surface area contributed by atoms with E-state index >= 15 is 0 Å². The van der Waals surface area contributed by atoms with Gasteiger partial charge in [0, 0.05) is 0 Å². The molecule has 0 amide bonds. The molecule has 0 aliphatic carbocycles. The molecule has 7 heteroatoms. The molecule has 1 saturated heterocycles. The van der Waals surface area contributed by atoms with Crippen LogP contribution in [0.4, 0.5) is 13.2 Å². The van der Waals surface area contributed by atoms with Gasteiger partial charge in [-0.3, -0.25) is 0 Å². The Morgan fingerprint density at radius 1 is 1.38 bits per heavy atom. The summed E-state index contributed by atoms with van der Waals surface area (Å²) in [5.41, 5.74) is -2.42. The van der Waals surface area contributed by atoms with Crippen LogP contribution in [0.5, 0.6) is 0 Å². The number of alkyl halides is 3. The molecule has 1 N–H and O–H groups in total. The Bertz CT molecular complexity index is 418. The van der Waals surface area contributed by atoms with Crippen LogP contribution in [-0.4, -0.2) is 23.3 Å². The lowest BCUT2D eigenvalue weighted by Gasteiger charge is -2.36. The third kappa shape index (κ3) is 2.00. The molecular formula is C9H7ClF3NO2. The molecule has 1 aliphatic rings. The molecule has 3 nitrogen and oxygen atoms in total. The second-order valence-corrected chi connectivity index (χ2v) is 3.97. The van der Waals surface area contributed by atoms with E-state index in [2.05, 4.69) is 4.98 Å². The van der Waals surface area contributed by atoms with Crippen LogP contribution in [0.3, 0.4) is 0 Å². The monoisotopic (exact) mass is 253 g/mol. The highest BCUT2D eigenvalue weighted by molar-refractivity contribution is 6.29. The Morgan fingerprint density at radius 3 is 2.44 bits per heavy atom. The molecule has 0 atom stereocenters. The van der Waals surface area contributed by atoms with Crippen LogP contribution in [0, 0.1) is 0 Å². The van der Waals surface area contributed by atoms with Crippen LogP contribution >= 0.6 is 11.6 Å². The highest BCUT2D eigenvalue weighted by Crippen LogP contribution is 2.35. The van der Waals surface area contributed by atoms with E-state index in [1.165, 1.54) is 6.07 Å². The van der Waals surface area contributed by atoms with Crippen LogP contribution in [-0.2, 0) is 16.5 Å². The number of pyridine rings is 1. The van der Waals surface area contributed by atoms with E-state index in [1.54, 1.807) is 0 Å². The van der Waals surface area contributed by atoms with Crippen LogP contribution in [0.25, 0.3) is 0 Å². The van der Waals surface area contributed by atoms with Crippen molar-refractivity contribution in [3.05, 3.63) is 28.5 Å². The van der Waals surface area contributed by atoms with Crippen molar-refractivity contribution in [2.75, 3.05) is 13.2 Å². The molecule has 0 saturated carbocycles. The van der Waals surface area contributed by atoms with Gasteiger partial charge in [0.05, 0.1) is 13.2 Å². The summed E-state index contributed by atoms with van der Waals surface area (Å²) in [7, 11) is 0. The number of rotatable bonds is 1. The molecule has 1 fully saturated rings. The SMILES string of the molecule is OC1(c2cc(Cl)nc(C(F)(F)F)c2)COC1. The van der Waals surface area contributed by atoms with Crippen molar-refractivity contribution >= 4 is 11.6 Å². The molecular weight excluding hydrogens is 247 g/mol. The summed E-state index contributed by atoms with van der Waals surface area (Å²) in [5.74, 6) is 0. The van der Waals surface area contributed by atoms with Crippen molar-refractivity contribution in [3.8, 4) is 0 Å². The number of ether oxygens (including phenoxy) is 1. The standard InChI is InChI=1S/C9H7ClF3NO2/c10-7-2-5(8(15)3-16-4-8)1-6(14-7)9(11,12)13/h1-2,15H,3-4H2. The van der Waals surface area contributed by atoms with Gasteiger partial charge < -0.3 is 9.84 Å². The third-order valence-corrected chi connectivity index (χ3v) is 2.50. The topological polar surface area (TPSA) is 42.4 Å². The molecule has 88 valence electrons. The lowest BCUT2D eigenvalue weighted by molar-refractivity contribution is -0.185. The smallest absolute Gasteiger partial charge is 0.380 e. The zero-order valence-electron chi connectivity index (χ0n) is 7.88. The van der Waals surface area contributed by atoms with Crippen molar-refractivity contribution in [2.24, 2.45) is 0 Å². The Morgan fingerprint density at radius 2 is 2.00 bits per heavy atom. The first-order valence-corrected chi connectivity index (χ1v) is 4.74. The zero-order chi connectivity index (χ0) is 12.0. The fraction of sp³-hybridized carbons (Fsp3) is 0.444. The first-order chi connectivity index (χ1) is 7.31. The maximum atomic E-state index is 12.4. The van der Waals surface area contributed by atoms with E-state index in [4.69, 9.17) is 16.3 Å². The Kier molecular flexibility index (Phi) is 2.60. The van der Waals surface area contributed by atoms with Gasteiger partial charge in [-0.15, -0.1) is 0 Å². The van der Waals surface area contributed by atoms with Gasteiger partial charge in [0.15, 0.2) is 0 Å². The van der Waals surface area contributed by atoms with E-state index in [-0.39, 0.29) is 23.9 Å². The molecule has 0 unspecified atom stereocenters. The van der Waals surface area contributed by atoms with Crippen LogP contribution in [0.1, 0.15) is 11.3 Å². The molecule has 1 aromatic heterocycles. The first-order valence-electron chi connectivity index (χ1n) is 4.37.